The van der Waals surface area contributed by atoms with E-state index in [1.165, 1.54) is 0 Å². The second-order valence-corrected chi connectivity index (χ2v) is 4.35. The molecule has 4 nitrogen and oxygen atoms in total. The van der Waals surface area contributed by atoms with Crippen molar-refractivity contribution < 1.29 is 15.0 Å². The van der Waals surface area contributed by atoms with Gasteiger partial charge in [-0.2, -0.15) is 0 Å². The van der Waals surface area contributed by atoms with Crippen molar-refractivity contribution in [3.63, 3.8) is 0 Å². The van der Waals surface area contributed by atoms with Gasteiger partial charge in [0.2, 0.25) is 0 Å². The second kappa shape index (κ2) is 5.47. The number of rotatable bonds is 4. The molecule has 0 aromatic heterocycles. The lowest BCUT2D eigenvalue weighted by Gasteiger charge is -2.31. The second-order valence-electron chi connectivity index (χ2n) is 4.35. The van der Waals surface area contributed by atoms with Crippen LogP contribution in [0, 0.1) is 0 Å². The number of aliphatic hydroxyl groups is 2. The van der Waals surface area contributed by atoms with Gasteiger partial charge in [-0.25, -0.2) is 0 Å². The summed E-state index contributed by atoms with van der Waals surface area (Å²) in [5, 5.41) is 21.7. The van der Waals surface area contributed by atoms with Crippen LogP contribution in [0.15, 0.2) is 0 Å². The van der Waals surface area contributed by atoms with E-state index in [0.29, 0.717) is 19.3 Å². The molecule has 1 aliphatic carbocycles. The Kier molecular flexibility index (Phi) is 4.54. The van der Waals surface area contributed by atoms with E-state index >= 15 is 0 Å². The van der Waals surface area contributed by atoms with Gasteiger partial charge in [0, 0.05) is 0 Å². The van der Waals surface area contributed by atoms with Crippen molar-refractivity contribution in [1.29, 1.82) is 0 Å². The van der Waals surface area contributed by atoms with Crippen LogP contribution < -0.4 is 5.32 Å². The van der Waals surface area contributed by atoms with Gasteiger partial charge in [0.25, 0.3) is 5.91 Å². The molecule has 1 atom stereocenters. The Balaban J connectivity index is 2.50. The maximum Gasteiger partial charge on any atom is 0.252 e. The van der Waals surface area contributed by atoms with Gasteiger partial charge in [-0.3, -0.25) is 4.79 Å². The first-order valence-corrected chi connectivity index (χ1v) is 5.76. The first-order chi connectivity index (χ1) is 7.12. The number of amides is 1. The van der Waals surface area contributed by atoms with Crippen LogP contribution in [0.5, 0.6) is 0 Å². The molecule has 0 bridgehead atoms. The molecule has 4 heteroatoms. The summed E-state index contributed by atoms with van der Waals surface area (Å²) >= 11 is 0. The van der Waals surface area contributed by atoms with Crippen LogP contribution in [0.25, 0.3) is 0 Å². The number of carbonyl (C=O) groups excluding carboxylic acids is 1. The summed E-state index contributed by atoms with van der Waals surface area (Å²) in [6, 6.07) is -0.233. The van der Waals surface area contributed by atoms with E-state index < -0.39 is 5.60 Å². The van der Waals surface area contributed by atoms with E-state index in [0.717, 1.165) is 19.3 Å². The topological polar surface area (TPSA) is 69.6 Å². The van der Waals surface area contributed by atoms with Crippen LogP contribution in [0.1, 0.15) is 45.4 Å². The molecule has 0 aromatic rings. The zero-order chi connectivity index (χ0) is 11.3. The zero-order valence-electron chi connectivity index (χ0n) is 9.33. The molecule has 15 heavy (non-hydrogen) atoms. The summed E-state index contributed by atoms with van der Waals surface area (Å²) < 4.78 is 0. The maximum atomic E-state index is 11.8. The molecular weight excluding hydrogens is 194 g/mol. The molecule has 0 aliphatic heterocycles. The lowest BCUT2D eigenvalue weighted by molar-refractivity contribution is -0.144. The third kappa shape index (κ3) is 3.18. The molecule has 3 N–H and O–H groups in total. The zero-order valence-corrected chi connectivity index (χ0v) is 9.33. The summed E-state index contributed by atoms with van der Waals surface area (Å²) in [4.78, 5) is 11.8. The molecule has 0 saturated heterocycles. The van der Waals surface area contributed by atoms with E-state index in [1.54, 1.807) is 0 Å². The summed E-state index contributed by atoms with van der Waals surface area (Å²) in [7, 11) is 0. The summed E-state index contributed by atoms with van der Waals surface area (Å²) in [6.07, 6.45) is 4.66. The minimum absolute atomic E-state index is 0.0711. The highest BCUT2D eigenvalue weighted by molar-refractivity contribution is 5.85. The summed E-state index contributed by atoms with van der Waals surface area (Å²) in [6.45, 7) is 1.82. The lowest BCUT2D eigenvalue weighted by atomic mass is 9.84. The number of aliphatic hydroxyl groups excluding tert-OH is 1. The highest BCUT2D eigenvalue weighted by Gasteiger charge is 2.37. The van der Waals surface area contributed by atoms with Crippen molar-refractivity contribution in [2.75, 3.05) is 6.61 Å². The van der Waals surface area contributed by atoms with Crippen molar-refractivity contribution in [2.45, 2.75) is 57.1 Å². The van der Waals surface area contributed by atoms with Gasteiger partial charge in [0.05, 0.1) is 12.6 Å². The van der Waals surface area contributed by atoms with Gasteiger partial charge in [-0.05, 0) is 19.3 Å². The normalized spacial score (nSPS) is 22.1. The fourth-order valence-corrected chi connectivity index (χ4v) is 1.96. The molecule has 1 rings (SSSR count). The Morgan fingerprint density at radius 1 is 1.40 bits per heavy atom. The van der Waals surface area contributed by atoms with E-state index in [2.05, 4.69) is 5.32 Å². The highest BCUT2D eigenvalue weighted by Crippen LogP contribution is 2.28. The van der Waals surface area contributed by atoms with Gasteiger partial charge in [-0.1, -0.05) is 26.2 Å². The molecule has 0 radical (unpaired) electrons. The molecule has 1 saturated carbocycles. The highest BCUT2D eigenvalue weighted by atomic mass is 16.3. The van der Waals surface area contributed by atoms with Crippen LogP contribution in [-0.2, 0) is 4.79 Å². The third-order valence-corrected chi connectivity index (χ3v) is 3.15. The molecule has 1 amide bonds. The smallest absolute Gasteiger partial charge is 0.252 e. The average molecular weight is 215 g/mol. The molecule has 88 valence electrons. The Labute approximate surface area is 90.7 Å². The minimum atomic E-state index is -1.19. The minimum Gasteiger partial charge on any atom is -0.394 e. The van der Waals surface area contributed by atoms with Gasteiger partial charge in [-0.15, -0.1) is 0 Å². The maximum absolute atomic E-state index is 11.8. The first kappa shape index (κ1) is 12.5. The number of hydrogen-bond acceptors (Lipinski definition) is 3. The Morgan fingerprint density at radius 2 is 2.00 bits per heavy atom. The monoisotopic (exact) mass is 215 g/mol. The molecule has 0 heterocycles. The molecule has 0 spiro atoms. The molecule has 1 unspecified atom stereocenters. The average Bonchev–Trinajstić information content (AvgIpc) is 2.26. The quantitative estimate of drug-likeness (QED) is 0.642. The molecular formula is C11H21NO3. The third-order valence-electron chi connectivity index (χ3n) is 3.15. The van der Waals surface area contributed by atoms with Crippen LogP contribution >= 0.6 is 0 Å². The van der Waals surface area contributed by atoms with E-state index in [9.17, 15) is 9.90 Å². The van der Waals surface area contributed by atoms with E-state index in [1.807, 2.05) is 6.92 Å². The Morgan fingerprint density at radius 3 is 2.47 bits per heavy atom. The predicted octanol–water partition coefficient (Wildman–Crippen LogP) is 0.569. The van der Waals surface area contributed by atoms with Crippen molar-refractivity contribution in [1.82, 2.24) is 5.32 Å². The molecule has 1 fully saturated rings. The Hall–Kier alpha value is -0.610. The van der Waals surface area contributed by atoms with Crippen LogP contribution in [0.4, 0.5) is 0 Å². The van der Waals surface area contributed by atoms with Gasteiger partial charge in [0.15, 0.2) is 0 Å². The fourth-order valence-electron chi connectivity index (χ4n) is 1.96. The lowest BCUT2D eigenvalue weighted by Crippen LogP contribution is -2.51. The van der Waals surface area contributed by atoms with Crippen LogP contribution in [-0.4, -0.2) is 34.4 Å². The number of nitrogens with one attached hydrogen (secondary N) is 1. The van der Waals surface area contributed by atoms with Gasteiger partial charge >= 0.3 is 0 Å². The summed E-state index contributed by atoms with van der Waals surface area (Å²) in [5.74, 6) is -0.317. The molecule has 1 aliphatic rings. The fraction of sp³-hybridized carbons (Fsp3) is 0.909. The van der Waals surface area contributed by atoms with E-state index in [4.69, 9.17) is 5.11 Å². The van der Waals surface area contributed by atoms with Crippen molar-refractivity contribution in [3.05, 3.63) is 0 Å². The molecule has 0 aromatic carbocycles. The van der Waals surface area contributed by atoms with Gasteiger partial charge < -0.3 is 15.5 Å². The summed E-state index contributed by atoms with van der Waals surface area (Å²) in [5.41, 5.74) is -1.19. The first-order valence-electron chi connectivity index (χ1n) is 5.76. The van der Waals surface area contributed by atoms with Gasteiger partial charge in [0.1, 0.15) is 5.60 Å². The Bertz CT molecular complexity index is 208. The SMILES string of the molecule is CCC(CO)NC(=O)C1(O)CCCCC1. The number of hydrogen-bond donors (Lipinski definition) is 3. The van der Waals surface area contributed by atoms with Crippen molar-refractivity contribution >= 4 is 5.91 Å². The largest absolute Gasteiger partial charge is 0.394 e. The van der Waals surface area contributed by atoms with Crippen LogP contribution in [0.3, 0.4) is 0 Å². The van der Waals surface area contributed by atoms with Crippen molar-refractivity contribution in [3.8, 4) is 0 Å². The van der Waals surface area contributed by atoms with E-state index in [-0.39, 0.29) is 18.6 Å². The van der Waals surface area contributed by atoms with Crippen LogP contribution in [0.2, 0.25) is 0 Å². The van der Waals surface area contributed by atoms with Crippen molar-refractivity contribution in [2.24, 2.45) is 0 Å². The standard InChI is InChI=1S/C11H21NO3/c1-2-9(8-13)12-10(14)11(15)6-4-3-5-7-11/h9,13,15H,2-8H2,1H3,(H,12,14). The number of carbonyl (C=O) groups is 1. The predicted molar refractivity (Wildman–Crippen MR) is 57.3 cm³/mol.